The molecule has 1 aliphatic rings. The Kier molecular flexibility index (Phi) is 6.85. The minimum Gasteiger partial charge on any atom is -0.349 e. The Balaban J connectivity index is 1.58. The van der Waals surface area contributed by atoms with Crippen molar-refractivity contribution in [2.24, 2.45) is 0 Å². The van der Waals surface area contributed by atoms with Crippen molar-refractivity contribution >= 4 is 11.8 Å². The lowest BCUT2D eigenvalue weighted by Gasteiger charge is -2.35. The summed E-state index contributed by atoms with van der Waals surface area (Å²) in [5, 5.41) is 2.93. The second kappa shape index (κ2) is 9.54. The van der Waals surface area contributed by atoms with Crippen molar-refractivity contribution in [1.29, 1.82) is 0 Å². The first-order valence-corrected chi connectivity index (χ1v) is 10.2. The molecule has 0 radical (unpaired) electrons. The van der Waals surface area contributed by atoms with Gasteiger partial charge in [-0.1, -0.05) is 60.7 Å². The Morgan fingerprint density at radius 3 is 2.11 bits per heavy atom. The minimum atomic E-state index is -0.283. The van der Waals surface area contributed by atoms with Crippen LogP contribution in [0.3, 0.4) is 0 Å². The quantitative estimate of drug-likeness (QED) is 0.808. The van der Waals surface area contributed by atoms with Crippen LogP contribution in [-0.4, -0.2) is 29.8 Å². The van der Waals surface area contributed by atoms with E-state index in [2.05, 4.69) is 35.6 Å². The highest BCUT2D eigenvalue weighted by Crippen LogP contribution is 2.34. The minimum absolute atomic E-state index is 0.0887. The molecule has 1 aliphatic carbocycles. The predicted octanol–water partition coefficient (Wildman–Crippen LogP) is 4.44. The van der Waals surface area contributed by atoms with Gasteiger partial charge in [0, 0.05) is 20.0 Å². The highest BCUT2D eigenvalue weighted by atomic mass is 16.2. The molecule has 2 amide bonds. The first kappa shape index (κ1) is 20.1. The van der Waals surface area contributed by atoms with Gasteiger partial charge in [0.05, 0.1) is 12.5 Å². The largest absolute Gasteiger partial charge is 0.349 e. The summed E-state index contributed by atoms with van der Waals surface area (Å²) in [7, 11) is 1.91. The number of rotatable bonds is 6. The van der Waals surface area contributed by atoms with E-state index in [-0.39, 0.29) is 23.9 Å². The normalized spacial score (nSPS) is 20.2. The van der Waals surface area contributed by atoms with Crippen LogP contribution in [-0.2, 0) is 9.59 Å². The lowest BCUT2D eigenvalue weighted by Crippen LogP contribution is -2.41. The maximum Gasteiger partial charge on any atom is 0.224 e. The van der Waals surface area contributed by atoms with Crippen molar-refractivity contribution in [2.45, 2.75) is 57.0 Å². The number of benzene rings is 2. The summed E-state index contributed by atoms with van der Waals surface area (Å²) in [5.41, 5.74) is 2.37. The third kappa shape index (κ3) is 5.22. The van der Waals surface area contributed by atoms with Crippen molar-refractivity contribution < 1.29 is 9.59 Å². The average molecular weight is 379 g/mol. The standard InChI is InChI=1S/C24H30N2O2/c1-18(27)25-23(21-11-7-4-8-12-21)17-24(28)26(2)22-15-13-20(14-16-22)19-9-5-3-6-10-19/h3-12,20,22-23H,13-17H2,1-2H3,(H,25,27). The predicted molar refractivity (Wildman–Crippen MR) is 112 cm³/mol. The molecule has 1 unspecified atom stereocenters. The molecule has 0 bridgehead atoms. The Labute approximate surface area is 167 Å². The number of hydrogen-bond donors (Lipinski definition) is 1. The van der Waals surface area contributed by atoms with Crippen LogP contribution >= 0.6 is 0 Å². The summed E-state index contributed by atoms with van der Waals surface area (Å²) in [4.78, 5) is 26.5. The number of amides is 2. The van der Waals surface area contributed by atoms with Gasteiger partial charge in [0.1, 0.15) is 0 Å². The third-order valence-electron chi connectivity index (χ3n) is 5.87. The maximum atomic E-state index is 12.9. The van der Waals surface area contributed by atoms with Crippen LogP contribution in [0.4, 0.5) is 0 Å². The zero-order valence-electron chi connectivity index (χ0n) is 16.8. The number of nitrogens with one attached hydrogen (secondary N) is 1. The Bertz CT molecular complexity index is 768. The van der Waals surface area contributed by atoms with Crippen LogP contribution in [0.5, 0.6) is 0 Å². The Hall–Kier alpha value is -2.62. The van der Waals surface area contributed by atoms with E-state index in [1.54, 1.807) is 0 Å². The van der Waals surface area contributed by atoms with Crippen molar-refractivity contribution in [3.05, 3.63) is 71.8 Å². The van der Waals surface area contributed by atoms with E-state index in [4.69, 9.17) is 0 Å². The maximum absolute atomic E-state index is 12.9. The van der Waals surface area contributed by atoms with E-state index < -0.39 is 0 Å². The summed E-state index contributed by atoms with van der Waals surface area (Å²) in [5.74, 6) is 0.566. The molecule has 4 nitrogen and oxygen atoms in total. The molecule has 1 atom stereocenters. The van der Waals surface area contributed by atoms with Gasteiger partial charge in [-0.3, -0.25) is 9.59 Å². The van der Waals surface area contributed by atoms with E-state index >= 15 is 0 Å². The molecule has 148 valence electrons. The summed E-state index contributed by atoms with van der Waals surface area (Å²) >= 11 is 0. The topological polar surface area (TPSA) is 49.4 Å². The van der Waals surface area contributed by atoms with Crippen molar-refractivity contribution in [3.8, 4) is 0 Å². The number of carbonyl (C=O) groups excluding carboxylic acids is 2. The Morgan fingerprint density at radius 2 is 1.54 bits per heavy atom. The van der Waals surface area contributed by atoms with Gasteiger partial charge in [0.25, 0.3) is 0 Å². The summed E-state index contributed by atoms with van der Waals surface area (Å²) < 4.78 is 0. The fraction of sp³-hybridized carbons (Fsp3) is 0.417. The van der Waals surface area contributed by atoms with Gasteiger partial charge in [-0.25, -0.2) is 0 Å². The lowest BCUT2D eigenvalue weighted by molar-refractivity contribution is -0.133. The summed E-state index contributed by atoms with van der Waals surface area (Å²) in [6.45, 7) is 1.50. The van der Waals surface area contributed by atoms with Gasteiger partial charge in [0.2, 0.25) is 11.8 Å². The molecule has 28 heavy (non-hydrogen) atoms. The number of carbonyl (C=O) groups is 2. The molecule has 0 aromatic heterocycles. The van der Waals surface area contributed by atoms with Crippen molar-refractivity contribution in [2.75, 3.05) is 7.05 Å². The highest BCUT2D eigenvalue weighted by molar-refractivity contribution is 5.79. The van der Waals surface area contributed by atoms with E-state index in [0.29, 0.717) is 12.3 Å². The molecule has 0 heterocycles. The van der Waals surface area contributed by atoms with Gasteiger partial charge in [0.15, 0.2) is 0 Å². The monoisotopic (exact) mass is 378 g/mol. The van der Waals surface area contributed by atoms with Crippen molar-refractivity contribution in [1.82, 2.24) is 10.2 Å². The van der Waals surface area contributed by atoms with E-state index in [1.165, 1.54) is 12.5 Å². The van der Waals surface area contributed by atoms with Crippen LogP contribution < -0.4 is 5.32 Å². The molecular formula is C24H30N2O2. The third-order valence-corrected chi connectivity index (χ3v) is 5.87. The fourth-order valence-electron chi connectivity index (χ4n) is 4.23. The molecule has 1 saturated carbocycles. The summed E-state index contributed by atoms with van der Waals surface area (Å²) in [6, 6.07) is 20.4. The van der Waals surface area contributed by atoms with Gasteiger partial charge in [-0.2, -0.15) is 0 Å². The zero-order chi connectivity index (χ0) is 19.9. The van der Waals surface area contributed by atoms with Crippen LogP contribution in [0, 0.1) is 0 Å². The second-order valence-corrected chi connectivity index (χ2v) is 7.79. The average Bonchev–Trinajstić information content (AvgIpc) is 2.74. The Morgan fingerprint density at radius 1 is 0.964 bits per heavy atom. The molecular weight excluding hydrogens is 348 g/mol. The van der Waals surface area contributed by atoms with Gasteiger partial charge < -0.3 is 10.2 Å². The smallest absolute Gasteiger partial charge is 0.224 e. The first-order chi connectivity index (χ1) is 13.5. The summed E-state index contributed by atoms with van der Waals surface area (Å²) in [6.07, 6.45) is 4.56. The molecule has 1 fully saturated rings. The molecule has 0 aliphatic heterocycles. The molecule has 2 aromatic carbocycles. The van der Waals surface area contributed by atoms with Crippen LogP contribution in [0.15, 0.2) is 60.7 Å². The molecule has 0 spiro atoms. The molecule has 3 rings (SSSR count). The number of hydrogen-bond acceptors (Lipinski definition) is 2. The molecule has 2 aromatic rings. The van der Waals surface area contributed by atoms with Gasteiger partial charge in [-0.15, -0.1) is 0 Å². The second-order valence-electron chi connectivity index (χ2n) is 7.79. The van der Waals surface area contributed by atoms with E-state index in [9.17, 15) is 9.59 Å². The van der Waals surface area contributed by atoms with Crippen molar-refractivity contribution in [3.63, 3.8) is 0 Å². The van der Waals surface area contributed by atoms with Crippen LogP contribution in [0.2, 0.25) is 0 Å². The molecule has 1 N–H and O–H groups in total. The molecule has 4 heteroatoms. The van der Waals surface area contributed by atoms with E-state index in [1.807, 2.05) is 42.3 Å². The SMILES string of the molecule is CC(=O)NC(CC(=O)N(C)C1CCC(c2ccccc2)CC1)c1ccccc1. The van der Waals surface area contributed by atoms with E-state index in [0.717, 1.165) is 31.2 Å². The lowest BCUT2D eigenvalue weighted by atomic mass is 9.81. The number of nitrogens with zero attached hydrogens (tertiary/aromatic N) is 1. The highest BCUT2D eigenvalue weighted by Gasteiger charge is 2.28. The van der Waals surface area contributed by atoms with Crippen LogP contribution in [0.1, 0.15) is 62.1 Å². The van der Waals surface area contributed by atoms with Crippen LogP contribution in [0.25, 0.3) is 0 Å². The first-order valence-electron chi connectivity index (χ1n) is 10.2. The zero-order valence-corrected chi connectivity index (χ0v) is 16.8. The van der Waals surface area contributed by atoms with Gasteiger partial charge >= 0.3 is 0 Å². The molecule has 0 saturated heterocycles. The van der Waals surface area contributed by atoms with Gasteiger partial charge in [-0.05, 0) is 42.7 Å². The fourth-order valence-corrected chi connectivity index (χ4v) is 4.23.